The Labute approximate surface area is 101 Å². The van der Waals surface area contributed by atoms with Crippen molar-refractivity contribution in [2.24, 2.45) is 0 Å². The van der Waals surface area contributed by atoms with Crippen LogP contribution < -0.4 is 0 Å². The molecule has 0 heterocycles. The molecule has 0 amide bonds. The molecule has 0 N–H and O–H groups in total. The maximum atomic E-state index is 2.36. The van der Waals surface area contributed by atoms with Crippen LogP contribution in [-0.2, 0) is 10.8 Å². The Hall–Kier alpha value is -0.780. The van der Waals surface area contributed by atoms with Crippen molar-refractivity contribution >= 4 is 0 Å². The summed E-state index contributed by atoms with van der Waals surface area (Å²) in [6, 6.07) is 8.94. The molecule has 0 fully saturated rings. The highest BCUT2D eigenvalue weighted by Crippen LogP contribution is 2.45. The molecule has 0 unspecified atom stereocenters. The van der Waals surface area contributed by atoms with Gasteiger partial charge < -0.3 is 0 Å². The maximum absolute atomic E-state index is 2.36. The van der Waals surface area contributed by atoms with Crippen molar-refractivity contribution in [1.82, 2.24) is 0 Å². The van der Waals surface area contributed by atoms with Gasteiger partial charge in [-0.1, -0.05) is 65.8 Å². The Morgan fingerprint density at radius 2 is 1.06 bits per heavy atom. The highest BCUT2D eigenvalue weighted by Gasteiger charge is 2.36. The lowest BCUT2D eigenvalue weighted by molar-refractivity contribution is 0.332. The zero-order valence-electron chi connectivity index (χ0n) is 11.7. The zero-order valence-corrected chi connectivity index (χ0v) is 11.7. The molecule has 0 bridgehead atoms. The van der Waals surface area contributed by atoms with Crippen LogP contribution in [-0.4, -0.2) is 0 Å². The molecule has 16 heavy (non-hydrogen) atoms. The quantitative estimate of drug-likeness (QED) is 0.571. The Morgan fingerprint density at radius 3 is 1.38 bits per heavy atom. The van der Waals surface area contributed by atoms with Gasteiger partial charge in [0.05, 0.1) is 0 Å². The molecule has 0 saturated heterocycles. The topological polar surface area (TPSA) is 0 Å². The molecular weight excluding hydrogens is 192 g/mol. The van der Waals surface area contributed by atoms with Crippen LogP contribution in [0.4, 0.5) is 0 Å². The highest BCUT2D eigenvalue weighted by atomic mass is 14.4. The van der Waals surface area contributed by atoms with Crippen molar-refractivity contribution in [2.75, 3.05) is 0 Å². The lowest BCUT2D eigenvalue weighted by atomic mass is 9.63. The van der Waals surface area contributed by atoms with Crippen LogP contribution in [0.25, 0.3) is 0 Å². The number of rotatable bonds is 0. The Kier molecular flexibility index (Phi) is 3.83. The van der Waals surface area contributed by atoms with E-state index < -0.39 is 0 Å². The van der Waals surface area contributed by atoms with Gasteiger partial charge in [-0.3, -0.25) is 0 Å². The van der Waals surface area contributed by atoms with Crippen LogP contribution in [0, 0.1) is 0 Å². The summed E-state index contributed by atoms with van der Waals surface area (Å²) in [5.41, 5.74) is 3.84. The lowest BCUT2D eigenvalue weighted by Gasteiger charge is -2.41. The Bertz CT molecular complexity index is 310. The normalized spacial score (nSPS) is 20.4. The third-order valence-electron chi connectivity index (χ3n) is 3.76. The predicted octanol–water partition coefficient (Wildman–Crippen LogP) is 5.06. The van der Waals surface area contributed by atoms with E-state index in [4.69, 9.17) is 0 Å². The summed E-state index contributed by atoms with van der Waals surface area (Å²) >= 11 is 0. The largest absolute Gasteiger partial charge is 0.0683 e. The monoisotopic (exact) mass is 218 g/mol. The standard InChI is InChI=1S/C14H20.C2H6/c1-13(2)9-10-14(3,4)12-8-6-5-7-11(12)13;1-2/h5-8H,9-10H2,1-4H3;1-2H3. The first-order valence-electron chi connectivity index (χ1n) is 6.53. The predicted molar refractivity (Wildman–Crippen MR) is 73.1 cm³/mol. The molecule has 0 aromatic heterocycles. The van der Waals surface area contributed by atoms with E-state index in [0.29, 0.717) is 10.8 Å². The molecular formula is C16H26. The average Bonchev–Trinajstić information content (AvgIpc) is 2.28. The van der Waals surface area contributed by atoms with Crippen LogP contribution in [0.2, 0.25) is 0 Å². The van der Waals surface area contributed by atoms with Gasteiger partial charge in [-0.05, 0) is 34.8 Å². The second-order valence-corrected chi connectivity index (χ2v) is 5.81. The van der Waals surface area contributed by atoms with E-state index in [9.17, 15) is 0 Å². The van der Waals surface area contributed by atoms with E-state index in [0.717, 1.165) is 0 Å². The summed E-state index contributed by atoms with van der Waals surface area (Å²) in [7, 11) is 0. The first kappa shape index (κ1) is 13.3. The van der Waals surface area contributed by atoms with E-state index in [-0.39, 0.29) is 0 Å². The summed E-state index contributed by atoms with van der Waals surface area (Å²) in [6.07, 6.45) is 2.61. The zero-order chi connectivity index (χ0) is 12.4. The number of benzene rings is 1. The second kappa shape index (κ2) is 4.61. The van der Waals surface area contributed by atoms with E-state index in [1.54, 1.807) is 11.1 Å². The van der Waals surface area contributed by atoms with Gasteiger partial charge in [0.15, 0.2) is 0 Å². The maximum Gasteiger partial charge on any atom is -0.0100 e. The van der Waals surface area contributed by atoms with Crippen LogP contribution in [0.15, 0.2) is 24.3 Å². The van der Waals surface area contributed by atoms with Gasteiger partial charge in [0, 0.05) is 0 Å². The minimum atomic E-state index is 0.367. The van der Waals surface area contributed by atoms with Gasteiger partial charge in [0.1, 0.15) is 0 Å². The van der Waals surface area contributed by atoms with Crippen molar-refractivity contribution in [3.8, 4) is 0 Å². The lowest BCUT2D eigenvalue weighted by Crippen LogP contribution is -2.33. The fourth-order valence-corrected chi connectivity index (χ4v) is 2.56. The minimum absolute atomic E-state index is 0.367. The summed E-state index contributed by atoms with van der Waals surface area (Å²) in [5, 5.41) is 0. The molecule has 1 aliphatic carbocycles. The van der Waals surface area contributed by atoms with E-state index in [2.05, 4.69) is 52.0 Å². The third-order valence-corrected chi connectivity index (χ3v) is 3.76. The number of fused-ring (bicyclic) bond motifs is 1. The van der Waals surface area contributed by atoms with Gasteiger partial charge in [-0.15, -0.1) is 0 Å². The van der Waals surface area contributed by atoms with E-state index in [1.807, 2.05) is 13.8 Å². The first-order chi connectivity index (χ1) is 7.43. The van der Waals surface area contributed by atoms with Gasteiger partial charge >= 0.3 is 0 Å². The van der Waals surface area contributed by atoms with Crippen LogP contribution in [0.5, 0.6) is 0 Å². The first-order valence-corrected chi connectivity index (χ1v) is 6.53. The molecule has 0 heteroatoms. The van der Waals surface area contributed by atoms with Crippen molar-refractivity contribution in [2.45, 2.75) is 65.2 Å². The van der Waals surface area contributed by atoms with Gasteiger partial charge in [-0.25, -0.2) is 0 Å². The molecule has 90 valence electrons. The number of hydrogen-bond acceptors (Lipinski definition) is 0. The van der Waals surface area contributed by atoms with E-state index in [1.165, 1.54) is 12.8 Å². The van der Waals surface area contributed by atoms with Gasteiger partial charge in [-0.2, -0.15) is 0 Å². The molecule has 0 radical (unpaired) electrons. The van der Waals surface area contributed by atoms with Gasteiger partial charge in [0.25, 0.3) is 0 Å². The third kappa shape index (κ3) is 2.31. The summed E-state index contributed by atoms with van der Waals surface area (Å²) in [6.45, 7) is 13.4. The highest BCUT2D eigenvalue weighted by molar-refractivity contribution is 5.40. The second-order valence-electron chi connectivity index (χ2n) is 5.81. The van der Waals surface area contributed by atoms with Crippen molar-refractivity contribution in [1.29, 1.82) is 0 Å². The SMILES string of the molecule is CC.CC1(C)CCC(C)(C)c2ccccc21. The molecule has 1 aliphatic rings. The van der Waals surface area contributed by atoms with E-state index >= 15 is 0 Å². The minimum Gasteiger partial charge on any atom is -0.0683 e. The summed E-state index contributed by atoms with van der Waals surface area (Å²) in [5.74, 6) is 0. The fourth-order valence-electron chi connectivity index (χ4n) is 2.56. The average molecular weight is 218 g/mol. The summed E-state index contributed by atoms with van der Waals surface area (Å²) in [4.78, 5) is 0. The molecule has 0 nitrogen and oxygen atoms in total. The smallest absolute Gasteiger partial charge is 0.0100 e. The fraction of sp³-hybridized carbons (Fsp3) is 0.625. The molecule has 1 aromatic rings. The Balaban J connectivity index is 0.000000606. The molecule has 2 rings (SSSR count). The van der Waals surface area contributed by atoms with Crippen molar-refractivity contribution in [3.05, 3.63) is 35.4 Å². The van der Waals surface area contributed by atoms with Crippen LogP contribution in [0.3, 0.4) is 0 Å². The van der Waals surface area contributed by atoms with Crippen molar-refractivity contribution < 1.29 is 0 Å². The van der Waals surface area contributed by atoms with Crippen LogP contribution >= 0.6 is 0 Å². The molecule has 0 saturated carbocycles. The van der Waals surface area contributed by atoms with Crippen molar-refractivity contribution in [3.63, 3.8) is 0 Å². The molecule has 0 spiro atoms. The molecule has 0 atom stereocenters. The van der Waals surface area contributed by atoms with Gasteiger partial charge in [0.2, 0.25) is 0 Å². The van der Waals surface area contributed by atoms with Crippen LogP contribution in [0.1, 0.15) is 65.5 Å². The Morgan fingerprint density at radius 1 is 0.750 bits per heavy atom. The summed E-state index contributed by atoms with van der Waals surface area (Å²) < 4.78 is 0. The molecule has 0 aliphatic heterocycles. The molecule has 1 aromatic carbocycles. The number of hydrogen-bond donors (Lipinski definition) is 0.